The lowest BCUT2D eigenvalue weighted by Gasteiger charge is -2.18. The van der Waals surface area contributed by atoms with Crippen molar-refractivity contribution < 1.29 is 22.7 Å². The highest BCUT2D eigenvalue weighted by atomic mass is 32.2. The van der Waals surface area contributed by atoms with Gasteiger partial charge in [-0.15, -0.1) is 11.3 Å². The van der Waals surface area contributed by atoms with Gasteiger partial charge in [-0.25, -0.2) is 8.42 Å². The SMILES string of the molecule is COc1ccc(N(C)S(=O)(=O)c2csc(C(=O)NC[C@H]3CCCO3)c2)cc1. The van der Waals surface area contributed by atoms with Gasteiger partial charge in [0.15, 0.2) is 0 Å². The number of amides is 1. The molecule has 7 nitrogen and oxygen atoms in total. The number of ether oxygens (including phenoxy) is 2. The van der Waals surface area contributed by atoms with E-state index in [1.807, 2.05) is 0 Å². The molecule has 0 aliphatic carbocycles. The lowest BCUT2D eigenvalue weighted by atomic mass is 10.2. The number of carbonyl (C=O) groups is 1. The van der Waals surface area contributed by atoms with Gasteiger partial charge in [0.25, 0.3) is 15.9 Å². The van der Waals surface area contributed by atoms with Gasteiger partial charge in [-0.1, -0.05) is 0 Å². The standard InChI is InChI=1S/C18H22N2O5S2/c1-20(13-5-7-14(24-2)8-6-13)27(22,23)16-10-17(26-12-16)18(21)19-11-15-4-3-9-25-15/h5-8,10,12,15H,3-4,9,11H2,1-2H3,(H,19,21)/t15-/m1/s1. The van der Waals surface area contributed by atoms with Crippen molar-refractivity contribution in [2.45, 2.75) is 23.8 Å². The quantitative estimate of drug-likeness (QED) is 0.758. The van der Waals surface area contributed by atoms with Crippen molar-refractivity contribution in [3.8, 4) is 5.75 Å². The van der Waals surface area contributed by atoms with Crippen LogP contribution in [-0.4, -0.2) is 47.7 Å². The molecule has 1 aromatic carbocycles. The molecule has 1 N–H and O–H groups in total. The molecule has 27 heavy (non-hydrogen) atoms. The monoisotopic (exact) mass is 410 g/mol. The first kappa shape index (κ1) is 19.7. The predicted molar refractivity (Wildman–Crippen MR) is 104 cm³/mol. The van der Waals surface area contributed by atoms with E-state index in [9.17, 15) is 13.2 Å². The zero-order chi connectivity index (χ0) is 19.4. The minimum Gasteiger partial charge on any atom is -0.497 e. The molecule has 0 saturated carbocycles. The Labute approximate surface area is 163 Å². The molecule has 1 aliphatic rings. The van der Waals surface area contributed by atoms with Gasteiger partial charge in [0.2, 0.25) is 0 Å². The molecule has 2 heterocycles. The minimum atomic E-state index is -3.76. The highest BCUT2D eigenvalue weighted by Gasteiger charge is 2.24. The first-order valence-electron chi connectivity index (χ1n) is 8.53. The molecule has 1 atom stereocenters. The molecule has 1 aromatic heterocycles. The van der Waals surface area contributed by atoms with E-state index in [2.05, 4.69) is 5.32 Å². The highest BCUT2D eigenvalue weighted by Crippen LogP contribution is 2.27. The summed E-state index contributed by atoms with van der Waals surface area (Å²) in [6.45, 7) is 1.16. The summed E-state index contributed by atoms with van der Waals surface area (Å²) >= 11 is 1.11. The van der Waals surface area contributed by atoms with Gasteiger partial charge in [0, 0.05) is 25.6 Å². The Bertz CT molecular complexity index is 887. The molecule has 0 spiro atoms. The lowest BCUT2D eigenvalue weighted by Crippen LogP contribution is -2.31. The van der Waals surface area contributed by atoms with Crippen LogP contribution in [-0.2, 0) is 14.8 Å². The number of benzene rings is 1. The number of anilines is 1. The van der Waals surface area contributed by atoms with Gasteiger partial charge in [0.05, 0.1) is 28.7 Å². The molecule has 2 aromatic rings. The lowest BCUT2D eigenvalue weighted by molar-refractivity contribution is 0.0861. The zero-order valence-corrected chi connectivity index (χ0v) is 16.8. The predicted octanol–water partition coefficient (Wildman–Crippen LogP) is 2.49. The summed E-state index contributed by atoms with van der Waals surface area (Å²) in [6.07, 6.45) is 1.97. The number of thiophene rings is 1. The summed E-state index contributed by atoms with van der Waals surface area (Å²) in [5.41, 5.74) is 0.506. The topological polar surface area (TPSA) is 84.9 Å². The second kappa shape index (κ2) is 8.28. The summed E-state index contributed by atoms with van der Waals surface area (Å²) in [5.74, 6) is 0.356. The zero-order valence-electron chi connectivity index (χ0n) is 15.2. The van der Waals surface area contributed by atoms with E-state index in [4.69, 9.17) is 9.47 Å². The Morgan fingerprint density at radius 3 is 2.74 bits per heavy atom. The van der Waals surface area contributed by atoms with Crippen molar-refractivity contribution in [3.63, 3.8) is 0 Å². The summed E-state index contributed by atoms with van der Waals surface area (Å²) < 4.78 is 37.4. The van der Waals surface area contributed by atoms with Crippen molar-refractivity contribution in [2.24, 2.45) is 0 Å². The van der Waals surface area contributed by atoms with Crippen molar-refractivity contribution in [1.29, 1.82) is 0 Å². The average Bonchev–Trinajstić information content (AvgIpc) is 3.37. The third-order valence-electron chi connectivity index (χ3n) is 4.41. The summed E-state index contributed by atoms with van der Waals surface area (Å²) in [5, 5.41) is 4.29. The molecule has 1 fully saturated rings. The van der Waals surface area contributed by atoms with Gasteiger partial charge in [-0.05, 0) is 43.2 Å². The van der Waals surface area contributed by atoms with E-state index in [1.54, 1.807) is 31.4 Å². The van der Waals surface area contributed by atoms with Gasteiger partial charge in [-0.3, -0.25) is 9.10 Å². The molecular formula is C18H22N2O5S2. The first-order chi connectivity index (χ1) is 12.9. The number of sulfonamides is 1. The van der Waals surface area contributed by atoms with E-state index >= 15 is 0 Å². The Hall–Kier alpha value is -2.10. The number of nitrogens with one attached hydrogen (secondary N) is 1. The summed E-state index contributed by atoms with van der Waals surface area (Å²) in [7, 11) is -0.731. The largest absolute Gasteiger partial charge is 0.497 e. The smallest absolute Gasteiger partial charge is 0.264 e. The Morgan fingerprint density at radius 2 is 2.11 bits per heavy atom. The molecule has 9 heteroatoms. The summed E-state index contributed by atoms with van der Waals surface area (Å²) in [6, 6.07) is 8.12. The second-order valence-electron chi connectivity index (χ2n) is 6.16. The Balaban J connectivity index is 1.70. The van der Waals surface area contributed by atoms with Crippen LogP contribution in [0.3, 0.4) is 0 Å². The molecule has 146 valence electrons. The molecule has 1 saturated heterocycles. The first-order valence-corrected chi connectivity index (χ1v) is 10.8. The third kappa shape index (κ3) is 4.42. The number of carbonyl (C=O) groups excluding carboxylic acids is 1. The Morgan fingerprint density at radius 1 is 1.37 bits per heavy atom. The Kier molecular flexibility index (Phi) is 6.03. The molecular weight excluding hydrogens is 388 g/mol. The van der Waals surface area contributed by atoms with E-state index in [1.165, 1.54) is 22.8 Å². The second-order valence-corrected chi connectivity index (χ2v) is 9.04. The van der Waals surface area contributed by atoms with Crippen LogP contribution in [0.25, 0.3) is 0 Å². The molecule has 3 rings (SSSR count). The van der Waals surface area contributed by atoms with Crippen LogP contribution in [0, 0.1) is 0 Å². The molecule has 1 amide bonds. The van der Waals surface area contributed by atoms with Crippen LogP contribution in [0.2, 0.25) is 0 Å². The fourth-order valence-electron chi connectivity index (χ4n) is 2.76. The van der Waals surface area contributed by atoms with Crippen LogP contribution in [0.4, 0.5) is 5.69 Å². The normalized spacial score (nSPS) is 16.9. The molecule has 0 bridgehead atoms. The van der Waals surface area contributed by atoms with E-state index < -0.39 is 10.0 Å². The van der Waals surface area contributed by atoms with E-state index in [0.29, 0.717) is 22.9 Å². The van der Waals surface area contributed by atoms with Gasteiger partial charge >= 0.3 is 0 Å². The van der Waals surface area contributed by atoms with Crippen LogP contribution in [0.15, 0.2) is 40.6 Å². The van der Waals surface area contributed by atoms with Crippen LogP contribution < -0.4 is 14.4 Å². The highest BCUT2D eigenvalue weighted by molar-refractivity contribution is 7.93. The molecule has 0 unspecified atom stereocenters. The fraction of sp³-hybridized carbons (Fsp3) is 0.389. The van der Waals surface area contributed by atoms with E-state index in [0.717, 1.165) is 30.8 Å². The van der Waals surface area contributed by atoms with Gasteiger partial charge < -0.3 is 14.8 Å². The number of hydrogen-bond acceptors (Lipinski definition) is 6. The van der Waals surface area contributed by atoms with Gasteiger partial charge in [-0.2, -0.15) is 0 Å². The maximum Gasteiger partial charge on any atom is 0.264 e. The number of nitrogens with zero attached hydrogens (tertiary/aromatic N) is 1. The van der Waals surface area contributed by atoms with Crippen molar-refractivity contribution in [3.05, 3.63) is 40.6 Å². The average molecular weight is 411 g/mol. The number of rotatable bonds is 7. The van der Waals surface area contributed by atoms with Crippen molar-refractivity contribution >= 4 is 33.0 Å². The van der Waals surface area contributed by atoms with Crippen molar-refractivity contribution in [2.75, 3.05) is 31.6 Å². The number of hydrogen-bond donors (Lipinski definition) is 1. The summed E-state index contributed by atoms with van der Waals surface area (Å²) in [4.78, 5) is 12.7. The molecule has 1 aliphatic heterocycles. The minimum absolute atomic E-state index is 0.0401. The number of methoxy groups -OCH3 is 1. The van der Waals surface area contributed by atoms with Crippen LogP contribution in [0.1, 0.15) is 22.5 Å². The van der Waals surface area contributed by atoms with E-state index in [-0.39, 0.29) is 16.9 Å². The maximum atomic E-state index is 12.8. The van der Waals surface area contributed by atoms with Crippen LogP contribution >= 0.6 is 11.3 Å². The van der Waals surface area contributed by atoms with Crippen LogP contribution in [0.5, 0.6) is 5.75 Å². The van der Waals surface area contributed by atoms with Gasteiger partial charge in [0.1, 0.15) is 5.75 Å². The van der Waals surface area contributed by atoms with Crippen molar-refractivity contribution in [1.82, 2.24) is 5.32 Å². The molecule has 0 radical (unpaired) electrons. The fourth-order valence-corrected chi connectivity index (χ4v) is 5.13. The third-order valence-corrected chi connectivity index (χ3v) is 7.25. The maximum absolute atomic E-state index is 12.8.